The van der Waals surface area contributed by atoms with Crippen molar-refractivity contribution in [2.45, 2.75) is 83.5 Å². The lowest BCUT2D eigenvalue weighted by Gasteiger charge is -2.41. The van der Waals surface area contributed by atoms with Crippen molar-refractivity contribution in [2.75, 3.05) is 0 Å². The molecule has 4 aromatic carbocycles. The van der Waals surface area contributed by atoms with E-state index >= 15 is 0 Å². The number of pyridine rings is 1. The van der Waals surface area contributed by atoms with Crippen molar-refractivity contribution in [3.05, 3.63) is 305 Å². The van der Waals surface area contributed by atoms with Crippen LogP contribution in [0, 0.1) is 0 Å². The lowest BCUT2D eigenvalue weighted by molar-refractivity contribution is -0.834. The number of hydrogen-bond acceptors (Lipinski definition) is 11. The number of nitrogens with zero attached hydrogens (tertiary/aromatic N) is 19. The quantitative estimate of drug-likeness (QED) is 0.0664. The smallest absolute Gasteiger partial charge is 0.315 e. The summed E-state index contributed by atoms with van der Waals surface area (Å²) in [6, 6.07) is 50.1. The first-order valence-corrected chi connectivity index (χ1v) is 33.5. The number of aromatic nitrogens is 17. The Balaban J connectivity index is 0.807. The van der Waals surface area contributed by atoms with Crippen LogP contribution in [0.15, 0.2) is 238 Å². The third-order valence-electron chi connectivity index (χ3n) is 20.5. The van der Waals surface area contributed by atoms with Crippen molar-refractivity contribution in [3.8, 4) is 0 Å². The van der Waals surface area contributed by atoms with Gasteiger partial charge < -0.3 is 18.3 Å². The minimum Gasteiger partial charge on any atom is -0.315 e. The van der Waals surface area contributed by atoms with E-state index < -0.39 is 5.91 Å². The second-order valence-electron chi connectivity index (χ2n) is 25.7. The molecule has 0 fully saturated rings. The molecule has 20 rings (SSSR count). The van der Waals surface area contributed by atoms with Crippen molar-refractivity contribution in [3.63, 3.8) is 0 Å². The fraction of sp³-hybridized carbons (Fsp3) is 0.167. The molecule has 10 aromatic heterocycles. The molecule has 1 atom stereocenters. The molecule has 6 aliphatic rings. The van der Waals surface area contributed by atoms with Gasteiger partial charge in [-0.3, -0.25) is 0 Å². The first-order valence-electron chi connectivity index (χ1n) is 33.5. The minimum atomic E-state index is -1.01. The fourth-order valence-electron chi connectivity index (χ4n) is 16.5. The first-order chi connectivity index (χ1) is 48.2. The van der Waals surface area contributed by atoms with Gasteiger partial charge in [-0.25, -0.2) is 54.8 Å². The summed E-state index contributed by atoms with van der Waals surface area (Å²) in [5.74, 6) is -1.01. The third kappa shape index (κ3) is 8.30. The molecule has 466 valence electrons. The lowest BCUT2D eigenvalue weighted by atomic mass is 9.88. The molecular weight excluding hydrogens is 1200 g/mol. The molecule has 0 saturated heterocycles. The number of aryl methyl sites for hydroxylation is 8. The summed E-state index contributed by atoms with van der Waals surface area (Å²) in [7, 11) is 0. The van der Waals surface area contributed by atoms with Crippen LogP contribution in [0.5, 0.6) is 0 Å². The summed E-state index contributed by atoms with van der Waals surface area (Å²) in [6.45, 7) is 3.07. The van der Waals surface area contributed by atoms with Gasteiger partial charge in [0.1, 0.15) is 41.0 Å². The molecule has 1 spiro atoms. The van der Waals surface area contributed by atoms with Crippen molar-refractivity contribution in [1.29, 1.82) is 0 Å². The van der Waals surface area contributed by atoms with Gasteiger partial charge in [-0.05, 0) is 132 Å². The molecule has 0 radical (unpaired) electrons. The maximum atomic E-state index is 4.74. The van der Waals surface area contributed by atoms with Crippen LogP contribution >= 0.6 is 0 Å². The van der Waals surface area contributed by atoms with Gasteiger partial charge in [0.25, 0.3) is 0 Å². The van der Waals surface area contributed by atoms with Gasteiger partial charge in [0.05, 0.1) is 88.3 Å². The van der Waals surface area contributed by atoms with Gasteiger partial charge in [-0.15, -0.1) is 0 Å². The summed E-state index contributed by atoms with van der Waals surface area (Å²) in [5, 5.41) is 2.32. The standard InChI is InChI=1S/C78H61N19/c1-5-22-54(50(14-1)18-10-36-90-46-86-58-26-9-35-82-74(58)90)70-62-27-29-64-71(55-23-6-2-15-51(55)19-11-37-91-47-87-59-40-79-43-83-75(59)91)66-31-33-68-73(57-25-8-4-17-53(57)21-13-39-93-49-89-61-42-81-45-85-77(61)93)69-34-32-67-72(65-30-28-63(70)95(65)78(94(62)64,96(66)68)97(67)69)56-24-7-3-16-52(56)20-12-38-92-48-88-60-41-80-44-84-76(60)92/h1-9,14-17,22-35,40-49H,10-13,18-21,36-39H2/q+2. The number of benzene rings is 4. The second-order valence-corrected chi connectivity index (χ2v) is 25.7. The predicted molar refractivity (Wildman–Crippen MR) is 370 cm³/mol. The SMILES string of the molecule is C1=CC2=[N+]3C1=C(c1ccccc1CCCn1cnc4cncnc41)c1ccc4n1C31n3c(ccc3=C(c3ccccc3CCCn3cnc5cncnc53)C3=[N+]1C(=C4c1ccccc1CCCn1cnc4cncnc41)C=C3)=C2c1ccccc1CCCn1cnc2cccnc21. The Morgan fingerprint density at radius 3 is 1.11 bits per heavy atom. The van der Waals surface area contributed by atoms with Gasteiger partial charge in [0.15, 0.2) is 22.6 Å². The lowest BCUT2D eigenvalue weighted by Crippen LogP contribution is -2.71. The van der Waals surface area contributed by atoms with Gasteiger partial charge in [-0.2, -0.15) is 9.13 Å². The number of imidazole rings is 4. The highest BCUT2D eigenvalue weighted by Crippen LogP contribution is 2.54. The highest BCUT2D eigenvalue weighted by molar-refractivity contribution is 6.30. The van der Waals surface area contributed by atoms with E-state index in [1.54, 1.807) is 37.6 Å². The van der Waals surface area contributed by atoms with E-state index in [0.717, 1.165) is 167 Å². The van der Waals surface area contributed by atoms with E-state index in [9.17, 15) is 0 Å². The zero-order valence-corrected chi connectivity index (χ0v) is 52.8. The monoisotopic (exact) mass is 1260 g/mol. The third-order valence-corrected chi connectivity index (χ3v) is 20.5. The van der Waals surface area contributed by atoms with Crippen LogP contribution in [-0.4, -0.2) is 103 Å². The zero-order valence-electron chi connectivity index (χ0n) is 52.8. The number of rotatable bonds is 20. The van der Waals surface area contributed by atoms with Gasteiger partial charge in [-0.1, -0.05) is 106 Å². The van der Waals surface area contributed by atoms with Crippen LogP contribution in [0.2, 0.25) is 0 Å². The van der Waals surface area contributed by atoms with E-state index in [1.807, 2.05) is 43.6 Å². The number of fused-ring (bicyclic) bond motifs is 4. The van der Waals surface area contributed by atoms with Crippen LogP contribution in [-0.2, 0) is 57.8 Å². The molecule has 0 amide bonds. The predicted octanol–water partition coefficient (Wildman–Crippen LogP) is 10.1. The molecule has 19 nitrogen and oxygen atoms in total. The van der Waals surface area contributed by atoms with Crippen LogP contribution in [0.4, 0.5) is 0 Å². The van der Waals surface area contributed by atoms with E-state index in [1.165, 1.54) is 66.8 Å². The van der Waals surface area contributed by atoms with Crippen LogP contribution in [0.3, 0.4) is 0 Å². The fourth-order valence-corrected chi connectivity index (χ4v) is 16.5. The average molecular weight is 1260 g/mol. The van der Waals surface area contributed by atoms with Crippen LogP contribution in [0.25, 0.3) is 66.9 Å². The normalized spacial score (nSPS) is 16.3. The van der Waals surface area contributed by atoms with E-state index in [0.29, 0.717) is 0 Å². The largest absolute Gasteiger partial charge is 0.553 e. The van der Waals surface area contributed by atoms with Crippen molar-refractivity contribution >= 4 is 78.4 Å². The Kier molecular flexibility index (Phi) is 12.5. The molecule has 16 heterocycles. The van der Waals surface area contributed by atoms with Crippen molar-refractivity contribution in [1.82, 2.24) is 82.2 Å². The molecule has 97 heavy (non-hydrogen) atoms. The Hall–Kier alpha value is -12.3. The molecule has 6 aliphatic heterocycles. The van der Waals surface area contributed by atoms with E-state index in [2.05, 4.69) is 227 Å². The maximum absolute atomic E-state index is 4.74. The molecule has 0 bridgehead atoms. The average Bonchev–Trinajstić information content (AvgIpc) is 1.53. The number of allylic oxidation sites excluding steroid dienone is 4. The van der Waals surface area contributed by atoms with Gasteiger partial charge >= 0.3 is 5.91 Å². The molecule has 0 saturated carbocycles. The van der Waals surface area contributed by atoms with Crippen LogP contribution in [0.1, 0.15) is 81.6 Å². The second kappa shape index (κ2) is 21.9. The van der Waals surface area contributed by atoms with E-state index in [-0.39, 0.29) is 0 Å². The van der Waals surface area contributed by atoms with Crippen molar-refractivity contribution < 1.29 is 9.15 Å². The zero-order chi connectivity index (χ0) is 63.7. The summed E-state index contributed by atoms with van der Waals surface area (Å²) in [4.78, 5) is 50.1. The maximum Gasteiger partial charge on any atom is 0.553 e. The molecule has 19 heteroatoms. The summed E-state index contributed by atoms with van der Waals surface area (Å²) >= 11 is 0. The Bertz CT molecular complexity index is 5650. The van der Waals surface area contributed by atoms with Gasteiger partial charge in [0.2, 0.25) is 22.8 Å². The van der Waals surface area contributed by atoms with Crippen molar-refractivity contribution in [2.24, 2.45) is 0 Å². The molecule has 0 N–H and O–H groups in total. The number of hydrogen-bond donors (Lipinski definition) is 0. The first kappa shape index (κ1) is 55.2. The summed E-state index contributed by atoms with van der Waals surface area (Å²) < 4.78 is 19.6. The summed E-state index contributed by atoms with van der Waals surface area (Å²) in [6.07, 6.45) is 36.3. The molecule has 1 unspecified atom stereocenters. The van der Waals surface area contributed by atoms with E-state index in [4.69, 9.17) is 9.97 Å². The Morgan fingerprint density at radius 2 is 0.701 bits per heavy atom. The highest BCUT2D eigenvalue weighted by Gasteiger charge is 2.73. The minimum absolute atomic E-state index is 0.761. The summed E-state index contributed by atoms with van der Waals surface area (Å²) in [5.41, 5.74) is 28.5. The van der Waals surface area contributed by atoms with Crippen LogP contribution < -0.4 is 10.7 Å². The Labute approximate surface area is 555 Å². The highest BCUT2D eigenvalue weighted by atomic mass is 15.6. The molecule has 0 aliphatic carbocycles. The Morgan fingerprint density at radius 1 is 0.330 bits per heavy atom. The molecular formula is C78H61N19+2. The topological polar surface area (TPSA) is 177 Å². The van der Waals surface area contributed by atoms with Gasteiger partial charge in [0, 0.05) is 56.7 Å². The molecule has 14 aromatic rings.